The molecule has 1 fully saturated rings. The van der Waals surface area contributed by atoms with Crippen LogP contribution in [0.25, 0.3) is 0 Å². The first-order chi connectivity index (χ1) is 7.51. The van der Waals surface area contributed by atoms with Crippen LogP contribution in [-0.4, -0.2) is 49.7 Å². The van der Waals surface area contributed by atoms with Crippen molar-refractivity contribution in [3.63, 3.8) is 0 Å². The van der Waals surface area contributed by atoms with Crippen molar-refractivity contribution < 1.29 is 23.1 Å². The molecule has 0 radical (unpaired) electrons. The van der Waals surface area contributed by atoms with Crippen molar-refractivity contribution in [2.75, 3.05) is 19.8 Å². The third-order valence-electron chi connectivity index (χ3n) is 2.33. The van der Waals surface area contributed by atoms with Gasteiger partial charge in [-0.05, 0) is 19.8 Å². The second kappa shape index (κ2) is 5.46. The third-order valence-corrected chi connectivity index (χ3v) is 3.85. The van der Waals surface area contributed by atoms with Crippen LogP contribution in [0, 0.1) is 0 Å². The summed E-state index contributed by atoms with van der Waals surface area (Å²) in [6, 6.07) is -0.452. The summed E-state index contributed by atoms with van der Waals surface area (Å²) in [7, 11) is -3.89. The van der Waals surface area contributed by atoms with E-state index in [-0.39, 0.29) is 13.2 Å². The first-order valence-corrected chi connectivity index (χ1v) is 6.52. The molecule has 0 aliphatic carbocycles. The van der Waals surface area contributed by atoms with Gasteiger partial charge in [-0.2, -0.15) is 12.7 Å². The smallest absolute Gasteiger partial charge is 0.421 e. The Morgan fingerprint density at radius 3 is 2.88 bits per heavy atom. The minimum atomic E-state index is -3.89. The van der Waals surface area contributed by atoms with E-state index in [1.54, 1.807) is 11.6 Å². The molecule has 0 aromatic rings. The van der Waals surface area contributed by atoms with Gasteiger partial charge in [0.05, 0.1) is 13.2 Å². The average Bonchev–Trinajstić information content (AvgIpc) is 2.65. The second-order valence-corrected chi connectivity index (χ2v) is 5.04. The number of aliphatic hydroxyl groups is 1. The van der Waals surface area contributed by atoms with Gasteiger partial charge < -0.3 is 9.84 Å². The fourth-order valence-corrected chi connectivity index (χ4v) is 2.95. The number of carbonyl (C=O) groups excluding carboxylic acids is 1. The maximum Gasteiger partial charge on any atom is 0.421 e. The Kier molecular flexibility index (Phi) is 4.51. The van der Waals surface area contributed by atoms with Crippen LogP contribution in [0.5, 0.6) is 0 Å². The van der Waals surface area contributed by atoms with Gasteiger partial charge in [-0.3, -0.25) is 0 Å². The van der Waals surface area contributed by atoms with Gasteiger partial charge in [0, 0.05) is 12.6 Å². The van der Waals surface area contributed by atoms with Crippen LogP contribution >= 0.6 is 0 Å². The molecule has 1 saturated heterocycles. The topological polar surface area (TPSA) is 95.9 Å². The summed E-state index contributed by atoms with van der Waals surface area (Å²) in [6.07, 6.45) is 0.279. The number of hydrogen-bond acceptors (Lipinski definition) is 5. The molecule has 8 heteroatoms. The Bertz CT molecular complexity index is 342. The first-order valence-electron chi connectivity index (χ1n) is 5.08. The molecule has 2 N–H and O–H groups in total. The molecule has 0 aromatic carbocycles. The standard InChI is InChI=1S/C8H16N2O5S/c1-2-15-8(12)9-16(13,14)10-5-3-4-7(10)6-11/h7,11H,2-6H2,1H3,(H,9,12). The summed E-state index contributed by atoms with van der Waals surface area (Å²) in [5.41, 5.74) is 0. The average molecular weight is 252 g/mol. The van der Waals surface area contributed by atoms with Gasteiger partial charge in [-0.1, -0.05) is 0 Å². The maximum absolute atomic E-state index is 11.7. The molecule has 1 amide bonds. The van der Waals surface area contributed by atoms with Crippen LogP contribution in [0.15, 0.2) is 0 Å². The zero-order valence-electron chi connectivity index (χ0n) is 9.05. The molecule has 1 aliphatic heterocycles. The van der Waals surface area contributed by atoms with Crippen LogP contribution < -0.4 is 4.72 Å². The van der Waals surface area contributed by atoms with E-state index in [0.29, 0.717) is 19.4 Å². The molecule has 1 rings (SSSR count). The minimum absolute atomic E-state index is 0.102. The second-order valence-electron chi connectivity index (χ2n) is 3.42. The van der Waals surface area contributed by atoms with E-state index in [1.807, 2.05) is 0 Å². The summed E-state index contributed by atoms with van der Waals surface area (Å²) < 4.78 is 30.7. The van der Waals surface area contributed by atoms with E-state index in [1.165, 1.54) is 0 Å². The molecule has 1 unspecified atom stereocenters. The Morgan fingerprint density at radius 2 is 2.31 bits per heavy atom. The Morgan fingerprint density at radius 1 is 1.62 bits per heavy atom. The van der Waals surface area contributed by atoms with Crippen LogP contribution in [0.2, 0.25) is 0 Å². The molecule has 16 heavy (non-hydrogen) atoms. The molecule has 0 bridgehead atoms. The van der Waals surface area contributed by atoms with Gasteiger partial charge in [0.1, 0.15) is 0 Å². The zero-order valence-corrected chi connectivity index (χ0v) is 9.87. The first kappa shape index (κ1) is 13.2. The molecule has 94 valence electrons. The summed E-state index contributed by atoms with van der Waals surface area (Å²) in [5, 5.41) is 8.99. The van der Waals surface area contributed by atoms with Crippen LogP contribution in [0.1, 0.15) is 19.8 Å². The van der Waals surface area contributed by atoms with Crippen molar-refractivity contribution in [3.05, 3.63) is 0 Å². The highest BCUT2D eigenvalue weighted by Crippen LogP contribution is 2.19. The van der Waals surface area contributed by atoms with E-state index in [4.69, 9.17) is 5.11 Å². The van der Waals surface area contributed by atoms with Gasteiger partial charge in [0.25, 0.3) is 0 Å². The van der Waals surface area contributed by atoms with Gasteiger partial charge in [0.15, 0.2) is 0 Å². The largest absolute Gasteiger partial charge is 0.449 e. The number of nitrogens with one attached hydrogen (secondary N) is 1. The van der Waals surface area contributed by atoms with Crippen molar-refractivity contribution in [3.8, 4) is 0 Å². The lowest BCUT2D eigenvalue weighted by Gasteiger charge is -2.21. The summed E-state index contributed by atoms with van der Waals surface area (Å²) in [6.45, 7) is 1.74. The van der Waals surface area contributed by atoms with Crippen molar-refractivity contribution in [1.29, 1.82) is 0 Å². The molecule has 0 spiro atoms. The highest BCUT2D eigenvalue weighted by atomic mass is 32.2. The van der Waals surface area contributed by atoms with Crippen molar-refractivity contribution in [2.45, 2.75) is 25.8 Å². The monoisotopic (exact) mass is 252 g/mol. The number of aliphatic hydroxyl groups excluding tert-OH is 1. The molecule has 7 nitrogen and oxygen atoms in total. The molecule has 1 aliphatic rings. The van der Waals surface area contributed by atoms with E-state index < -0.39 is 22.3 Å². The quantitative estimate of drug-likeness (QED) is 0.698. The minimum Gasteiger partial charge on any atom is -0.449 e. The predicted molar refractivity (Wildman–Crippen MR) is 55.9 cm³/mol. The molecular weight excluding hydrogens is 236 g/mol. The maximum atomic E-state index is 11.7. The Labute approximate surface area is 94.6 Å². The van der Waals surface area contributed by atoms with E-state index in [2.05, 4.69) is 4.74 Å². The molecular formula is C8H16N2O5S. The summed E-state index contributed by atoms with van der Waals surface area (Å²) >= 11 is 0. The number of ether oxygens (including phenoxy) is 1. The lowest BCUT2D eigenvalue weighted by molar-refractivity contribution is 0.157. The van der Waals surface area contributed by atoms with E-state index in [9.17, 15) is 13.2 Å². The van der Waals surface area contributed by atoms with Gasteiger partial charge in [-0.15, -0.1) is 0 Å². The number of rotatable bonds is 4. The number of carbonyl (C=O) groups is 1. The lowest BCUT2D eigenvalue weighted by Crippen LogP contribution is -2.46. The Hall–Kier alpha value is -0.860. The summed E-state index contributed by atoms with van der Waals surface area (Å²) in [4.78, 5) is 11.0. The van der Waals surface area contributed by atoms with Crippen molar-refractivity contribution in [1.82, 2.24) is 9.03 Å². The molecule has 1 atom stereocenters. The van der Waals surface area contributed by atoms with Crippen molar-refractivity contribution >= 4 is 16.3 Å². The summed E-state index contributed by atoms with van der Waals surface area (Å²) in [5.74, 6) is 0. The predicted octanol–water partition coefficient (Wildman–Crippen LogP) is -0.566. The Balaban J connectivity index is 2.66. The van der Waals surface area contributed by atoms with Crippen LogP contribution in [-0.2, 0) is 14.9 Å². The van der Waals surface area contributed by atoms with Gasteiger partial charge >= 0.3 is 16.3 Å². The van der Waals surface area contributed by atoms with E-state index in [0.717, 1.165) is 4.31 Å². The normalized spacial score (nSPS) is 22.0. The van der Waals surface area contributed by atoms with Crippen LogP contribution in [0.4, 0.5) is 4.79 Å². The van der Waals surface area contributed by atoms with E-state index >= 15 is 0 Å². The van der Waals surface area contributed by atoms with Gasteiger partial charge in [0.2, 0.25) is 0 Å². The number of hydrogen-bond donors (Lipinski definition) is 2. The fourth-order valence-electron chi connectivity index (χ4n) is 1.63. The number of nitrogens with zero attached hydrogens (tertiary/aromatic N) is 1. The highest BCUT2D eigenvalue weighted by Gasteiger charge is 2.34. The molecule has 0 aromatic heterocycles. The zero-order chi connectivity index (χ0) is 12.2. The molecule has 1 heterocycles. The molecule has 0 saturated carbocycles. The number of amides is 1. The highest BCUT2D eigenvalue weighted by molar-refractivity contribution is 7.87. The SMILES string of the molecule is CCOC(=O)NS(=O)(=O)N1CCCC1CO. The van der Waals surface area contributed by atoms with Crippen molar-refractivity contribution in [2.24, 2.45) is 0 Å². The lowest BCUT2D eigenvalue weighted by atomic mass is 10.2. The van der Waals surface area contributed by atoms with Gasteiger partial charge in [-0.25, -0.2) is 9.52 Å². The van der Waals surface area contributed by atoms with Crippen LogP contribution in [0.3, 0.4) is 0 Å². The fraction of sp³-hybridized carbons (Fsp3) is 0.875. The third kappa shape index (κ3) is 3.06.